The van der Waals surface area contributed by atoms with E-state index in [9.17, 15) is 8.42 Å². The summed E-state index contributed by atoms with van der Waals surface area (Å²) in [6, 6.07) is 5.29. The number of anilines is 1. The minimum absolute atomic E-state index is 0.328. The molecule has 0 spiro atoms. The van der Waals surface area contributed by atoms with Crippen LogP contribution in [0, 0.1) is 5.92 Å². The van der Waals surface area contributed by atoms with Crippen molar-refractivity contribution in [1.29, 1.82) is 0 Å². The van der Waals surface area contributed by atoms with Gasteiger partial charge in [-0.25, -0.2) is 13.1 Å². The number of rotatable bonds is 8. The van der Waals surface area contributed by atoms with Crippen molar-refractivity contribution in [3.8, 4) is 0 Å². The van der Waals surface area contributed by atoms with Crippen LogP contribution in [0.4, 0.5) is 5.69 Å². The molecule has 0 aromatic heterocycles. The molecule has 0 unspecified atom stereocenters. The number of benzene rings is 1. The Hall–Kier alpha value is -1.11. The van der Waals surface area contributed by atoms with Gasteiger partial charge >= 0.3 is 0 Å². The fourth-order valence-electron chi connectivity index (χ4n) is 2.44. The predicted molar refractivity (Wildman–Crippen MR) is 82.0 cm³/mol. The zero-order chi connectivity index (χ0) is 14.7. The van der Waals surface area contributed by atoms with Crippen molar-refractivity contribution in [2.45, 2.75) is 30.6 Å². The number of sulfonamides is 1. The Morgan fingerprint density at radius 3 is 3.00 bits per heavy atom. The largest absolute Gasteiger partial charge is 0.384 e. The van der Waals surface area contributed by atoms with Crippen LogP contribution >= 0.6 is 0 Å². The molecule has 6 heteroatoms. The molecule has 0 bridgehead atoms. The molecule has 0 amide bonds. The maximum absolute atomic E-state index is 12.2. The van der Waals surface area contributed by atoms with Crippen molar-refractivity contribution in [1.82, 2.24) is 4.72 Å². The van der Waals surface area contributed by atoms with E-state index in [-0.39, 0.29) is 0 Å². The first-order valence-electron chi connectivity index (χ1n) is 7.59. The first-order valence-corrected chi connectivity index (χ1v) is 9.08. The molecule has 1 aliphatic carbocycles. The molecule has 0 radical (unpaired) electrons. The third kappa shape index (κ3) is 3.96. The topological polar surface area (TPSA) is 67.4 Å². The molecule has 116 valence electrons. The minimum Gasteiger partial charge on any atom is -0.384 e. The van der Waals surface area contributed by atoms with Gasteiger partial charge < -0.3 is 10.1 Å². The highest BCUT2D eigenvalue weighted by atomic mass is 32.2. The van der Waals surface area contributed by atoms with Gasteiger partial charge in [0.25, 0.3) is 0 Å². The molecule has 1 aromatic carbocycles. The quantitative estimate of drug-likeness (QED) is 0.718. The van der Waals surface area contributed by atoms with Gasteiger partial charge in [-0.05, 0) is 49.3 Å². The van der Waals surface area contributed by atoms with Crippen LogP contribution in [0.25, 0.3) is 0 Å². The summed E-state index contributed by atoms with van der Waals surface area (Å²) in [4.78, 5) is 0.328. The van der Waals surface area contributed by atoms with E-state index in [1.165, 1.54) is 18.4 Å². The average Bonchev–Trinajstić information content (AvgIpc) is 3.17. The Bertz CT molecular complexity index is 597. The highest BCUT2D eigenvalue weighted by Gasteiger charge is 2.21. The molecule has 21 heavy (non-hydrogen) atoms. The van der Waals surface area contributed by atoms with E-state index in [1.54, 1.807) is 12.1 Å². The number of hydrogen-bond donors (Lipinski definition) is 2. The summed E-state index contributed by atoms with van der Waals surface area (Å²) >= 11 is 0. The van der Waals surface area contributed by atoms with Crippen LogP contribution < -0.4 is 10.0 Å². The monoisotopic (exact) mass is 310 g/mol. The van der Waals surface area contributed by atoms with E-state index in [0.717, 1.165) is 31.2 Å². The average molecular weight is 310 g/mol. The van der Waals surface area contributed by atoms with Crippen LogP contribution in [0.2, 0.25) is 0 Å². The lowest BCUT2D eigenvalue weighted by atomic mass is 10.2. The zero-order valence-electron chi connectivity index (χ0n) is 12.1. The Morgan fingerprint density at radius 2 is 2.19 bits per heavy atom. The molecule has 2 aliphatic rings. The maximum Gasteiger partial charge on any atom is 0.240 e. The highest BCUT2D eigenvalue weighted by Crippen LogP contribution is 2.28. The van der Waals surface area contributed by atoms with Crippen LogP contribution in [0.15, 0.2) is 23.1 Å². The second kappa shape index (κ2) is 6.34. The molecule has 3 rings (SSSR count). The smallest absolute Gasteiger partial charge is 0.240 e. The van der Waals surface area contributed by atoms with Gasteiger partial charge in [0, 0.05) is 32.0 Å². The first-order chi connectivity index (χ1) is 10.1. The predicted octanol–water partition coefficient (Wildman–Crippen LogP) is 1.75. The van der Waals surface area contributed by atoms with Gasteiger partial charge in [0.15, 0.2) is 0 Å². The second-order valence-electron chi connectivity index (χ2n) is 5.77. The second-order valence-corrected chi connectivity index (χ2v) is 7.53. The van der Waals surface area contributed by atoms with Crippen molar-refractivity contribution in [2.75, 3.05) is 31.6 Å². The van der Waals surface area contributed by atoms with Gasteiger partial charge in [-0.2, -0.15) is 0 Å². The van der Waals surface area contributed by atoms with Gasteiger partial charge in [-0.3, -0.25) is 0 Å². The molecular weight excluding hydrogens is 288 g/mol. The van der Waals surface area contributed by atoms with Gasteiger partial charge in [-0.15, -0.1) is 0 Å². The van der Waals surface area contributed by atoms with Gasteiger partial charge in [0.2, 0.25) is 10.0 Å². The van der Waals surface area contributed by atoms with Crippen molar-refractivity contribution in [2.24, 2.45) is 5.92 Å². The number of fused-ring (bicyclic) bond motifs is 1. The summed E-state index contributed by atoms with van der Waals surface area (Å²) in [5.41, 5.74) is 2.12. The molecule has 2 N–H and O–H groups in total. The molecule has 1 aromatic rings. The van der Waals surface area contributed by atoms with Crippen LogP contribution in [0.1, 0.15) is 24.8 Å². The number of hydrogen-bond acceptors (Lipinski definition) is 4. The summed E-state index contributed by atoms with van der Waals surface area (Å²) in [5.74, 6) is 0.751. The molecule has 0 saturated heterocycles. The van der Waals surface area contributed by atoms with Crippen LogP contribution in [0.5, 0.6) is 0 Å². The Labute approximate surface area is 126 Å². The first kappa shape index (κ1) is 14.8. The Balaban J connectivity index is 1.46. The lowest BCUT2D eigenvalue weighted by Crippen LogP contribution is -2.25. The number of nitrogens with one attached hydrogen (secondary N) is 2. The summed E-state index contributed by atoms with van der Waals surface area (Å²) in [7, 11) is -3.42. The number of ether oxygens (including phenoxy) is 1. The van der Waals surface area contributed by atoms with Crippen molar-refractivity contribution in [3.63, 3.8) is 0 Å². The van der Waals surface area contributed by atoms with E-state index in [4.69, 9.17) is 4.74 Å². The lowest BCUT2D eigenvalue weighted by molar-refractivity contribution is 0.123. The standard InChI is InChI=1S/C15H22N2O3S/c18-21(19,17-7-1-9-20-11-12-2-3-12)14-5-4-13-6-8-16-15(13)10-14/h4-5,10,12,16-17H,1-3,6-9,11H2. The molecule has 1 fully saturated rings. The van der Waals surface area contributed by atoms with E-state index < -0.39 is 10.0 Å². The van der Waals surface area contributed by atoms with E-state index in [2.05, 4.69) is 10.0 Å². The van der Waals surface area contributed by atoms with Crippen molar-refractivity contribution >= 4 is 15.7 Å². The lowest BCUT2D eigenvalue weighted by Gasteiger charge is -2.09. The Morgan fingerprint density at radius 1 is 1.33 bits per heavy atom. The summed E-state index contributed by atoms with van der Waals surface area (Å²) < 4.78 is 32.5. The van der Waals surface area contributed by atoms with Crippen LogP contribution in [-0.4, -0.2) is 34.7 Å². The zero-order valence-corrected chi connectivity index (χ0v) is 12.9. The van der Waals surface area contributed by atoms with E-state index >= 15 is 0 Å². The van der Waals surface area contributed by atoms with E-state index in [0.29, 0.717) is 24.5 Å². The van der Waals surface area contributed by atoms with Crippen LogP contribution in [0.3, 0.4) is 0 Å². The summed E-state index contributed by atoms with van der Waals surface area (Å²) in [6.45, 7) is 2.73. The molecule has 1 aliphatic heterocycles. The minimum atomic E-state index is -3.42. The maximum atomic E-state index is 12.2. The normalized spacial score (nSPS) is 17.5. The fourth-order valence-corrected chi connectivity index (χ4v) is 3.54. The molecule has 1 saturated carbocycles. The summed E-state index contributed by atoms with van der Waals surface area (Å²) in [6.07, 6.45) is 4.22. The molecule has 1 heterocycles. The van der Waals surface area contributed by atoms with E-state index in [1.807, 2.05) is 6.07 Å². The van der Waals surface area contributed by atoms with Crippen LogP contribution in [-0.2, 0) is 21.2 Å². The molecule has 0 atom stereocenters. The van der Waals surface area contributed by atoms with Gasteiger partial charge in [-0.1, -0.05) is 6.07 Å². The molecular formula is C15H22N2O3S. The van der Waals surface area contributed by atoms with Gasteiger partial charge in [0.1, 0.15) is 0 Å². The van der Waals surface area contributed by atoms with Crippen molar-refractivity contribution in [3.05, 3.63) is 23.8 Å². The third-order valence-corrected chi connectivity index (χ3v) is 5.37. The summed E-state index contributed by atoms with van der Waals surface area (Å²) in [5, 5.41) is 3.20. The SMILES string of the molecule is O=S(=O)(NCCCOCC1CC1)c1ccc2c(c1)NCC2. The Kier molecular flexibility index (Phi) is 4.47. The highest BCUT2D eigenvalue weighted by molar-refractivity contribution is 7.89. The van der Waals surface area contributed by atoms with Crippen molar-refractivity contribution < 1.29 is 13.2 Å². The van der Waals surface area contributed by atoms with Gasteiger partial charge in [0.05, 0.1) is 4.90 Å². The third-order valence-electron chi connectivity index (χ3n) is 3.91. The molecule has 5 nitrogen and oxygen atoms in total. The fraction of sp³-hybridized carbons (Fsp3) is 0.600.